The van der Waals surface area contributed by atoms with Gasteiger partial charge < -0.3 is 0 Å². The van der Waals surface area contributed by atoms with Crippen molar-refractivity contribution in [3.8, 4) is 0 Å². The predicted octanol–water partition coefficient (Wildman–Crippen LogP) is 0.256. The molecule has 0 aromatic carbocycles. The van der Waals surface area contributed by atoms with Gasteiger partial charge in [0.05, 0.1) is 5.25 Å². The third-order valence-electron chi connectivity index (χ3n) is 1.57. The Bertz CT molecular complexity index is 331. The number of rotatable bonds is 3. The Hall–Kier alpha value is -1.14. The van der Waals surface area contributed by atoms with Crippen molar-refractivity contribution in [1.29, 1.82) is 0 Å². The number of aryl methyl sites for hydroxylation is 1. The van der Waals surface area contributed by atoms with Crippen molar-refractivity contribution in [3.63, 3.8) is 0 Å². The van der Waals surface area contributed by atoms with Gasteiger partial charge in [0.1, 0.15) is 0 Å². The van der Waals surface area contributed by atoms with Gasteiger partial charge in [0.25, 0.3) is 0 Å². The number of nitrogens with two attached hydrogens (primary N) is 1. The molecule has 0 aliphatic rings. The lowest BCUT2D eigenvalue weighted by atomic mass is 10.5. The van der Waals surface area contributed by atoms with Gasteiger partial charge in [-0.3, -0.25) is 10.2 Å². The van der Waals surface area contributed by atoms with Crippen LogP contribution in [0.1, 0.15) is 12.6 Å². The van der Waals surface area contributed by atoms with Crippen molar-refractivity contribution < 1.29 is 4.79 Å². The van der Waals surface area contributed by atoms with Gasteiger partial charge in [-0.05, 0) is 19.9 Å². The van der Waals surface area contributed by atoms with Crippen LogP contribution in [0.3, 0.4) is 0 Å². The first-order valence-corrected chi connectivity index (χ1v) is 4.98. The maximum atomic E-state index is 11.1. The number of carbonyl (C=O) groups is 1. The van der Waals surface area contributed by atoms with E-state index >= 15 is 0 Å². The van der Waals surface area contributed by atoms with E-state index in [2.05, 4.69) is 15.4 Å². The van der Waals surface area contributed by atoms with Crippen molar-refractivity contribution in [2.24, 2.45) is 5.84 Å². The Morgan fingerprint density at radius 2 is 2.43 bits per heavy atom. The molecule has 1 amide bonds. The molecule has 0 aliphatic heterocycles. The summed E-state index contributed by atoms with van der Waals surface area (Å²) in [5.74, 6) is 4.77. The summed E-state index contributed by atoms with van der Waals surface area (Å²) in [5.41, 5.74) is 2.96. The molecular weight excluding hydrogens is 200 g/mol. The number of nitrogens with one attached hydrogen (secondary N) is 1. The van der Waals surface area contributed by atoms with Gasteiger partial charge in [-0.2, -0.15) is 0 Å². The summed E-state index contributed by atoms with van der Waals surface area (Å²) >= 11 is 1.28. The molecule has 1 aromatic heterocycles. The number of thioether (sulfide) groups is 1. The van der Waals surface area contributed by atoms with E-state index in [9.17, 15) is 4.79 Å². The van der Waals surface area contributed by atoms with E-state index in [1.54, 1.807) is 19.2 Å². The standard InChI is InChI=1S/C8H12N4OS/c1-5-3-4-10-8(11-5)14-6(2)7(13)12-9/h3-4,6H,9H2,1-2H3,(H,12,13). The minimum atomic E-state index is -0.290. The van der Waals surface area contributed by atoms with Crippen molar-refractivity contribution >= 4 is 17.7 Å². The van der Waals surface area contributed by atoms with Crippen LogP contribution in [0.2, 0.25) is 0 Å². The maximum Gasteiger partial charge on any atom is 0.247 e. The molecule has 0 radical (unpaired) electrons. The zero-order valence-corrected chi connectivity index (χ0v) is 8.84. The Kier molecular flexibility index (Phi) is 3.84. The predicted molar refractivity (Wildman–Crippen MR) is 54.4 cm³/mol. The van der Waals surface area contributed by atoms with Crippen LogP contribution in [0, 0.1) is 6.92 Å². The topological polar surface area (TPSA) is 80.9 Å². The lowest BCUT2D eigenvalue weighted by Crippen LogP contribution is -2.36. The first-order valence-electron chi connectivity index (χ1n) is 4.10. The first kappa shape index (κ1) is 10.9. The molecule has 14 heavy (non-hydrogen) atoms. The lowest BCUT2D eigenvalue weighted by Gasteiger charge is -2.07. The van der Waals surface area contributed by atoms with E-state index < -0.39 is 0 Å². The number of hydrogen-bond acceptors (Lipinski definition) is 5. The van der Waals surface area contributed by atoms with Crippen LogP contribution in [0.4, 0.5) is 0 Å². The molecule has 0 fully saturated rings. The Balaban J connectivity index is 2.64. The van der Waals surface area contributed by atoms with Gasteiger partial charge in [0.15, 0.2) is 5.16 Å². The van der Waals surface area contributed by atoms with Crippen LogP contribution in [0.25, 0.3) is 0 Å². The van der Waals surface area contributed by atoms with Crippen LogP contribution >= 0.6 is 11.8 Å². The summed E-state index contributed by atoms with van der Waals surface area (Å²) in [6, 6.07) is 1.80. The third kappa shape index (κ3) is 2.97. The fourth-order valence-corrected chi connectivity index (χ4v) is 1.62. The number of aromatic nitrogens is 2. The van der Waals surface area contributed by atoms with Crippen molar-refractivity contribution in [2.45, 2.75) is 24.3 Å². The van der Waals surface area contributed by atoms with Gasteiger partial charge in [-0.15, -0.1) is 0 Å². The molecule has 1 heterocycles. The molecule has 0 spiro atoms. The largest absolute Gasteiger partial charge is 0.293 e. The zero-order chi connectivity index (χ0) is 10.6. The molecule has 0 saturated carbocycles. The maximum absolute atomic E-state index is 11.1. The Morgan fingerprint density at radius 1 is 1.71 bits per heavy atom. The first-order chi connectivity index (χ1) is 6.63. The SMILES string of the molecule is Cc1ccnc(SC(C)C(=O)NN)n1. The van der Waals surface area contributed by atoms with Gasteiger partial charge >= 0.3 is 0 Å². The highest BCUT2D eigenvalue weighted by molar-refractivity contribution is 8.00. The minimum absolute atomic E-state index is 0.236. The van der Waals surface area contributed by atoms with Crippen LogP contribution in [-0.2, 0) is 4.79 Å². The molecule has 5 nitrogen and oxygen atoms in total. The highest BCUT2D eigenvalue weighted by atomic mass is 32.2. The molecule has 76 valence electrons. The van der Waals surface area contributed by atoms with Crippen LogP contribution in [-0.4, -0.2) is 21.1 Å². The third-order valence-corrected chi connectivity index (χ3v) is 2.54. The second-order valence-electron chi connectivity index (χ2n) is 2.75. The summed E-state index contributed by atoms with van der Waals surface area (Å²) in [6.45, 7) is 3.62. The van der Waals surface area contributed by atoms with Gasteiger partial charge in [0.2, 0.25) is 5.91 Å². The summed E-state index contributed by atoms with van der Waals surface area (Å²) in [5, 5.41) is 0.294. The van der Waals surface area contributed by atoms with Gasteiger partial charge in [-0.1, -0.05) is 11.8 Å². The van der Waals surface area contributed by atoms with Crippen LogP contribution in [0.5, 0.6) is 0 Å². The number of hydrazine groups is 1. The normalized spacial score (nSPS) is 12.2. The second-order valence-corrected chi connectivity index (χ2v) is 4.06. The van der Waals surface area contributed by atoms with E-state index in [0.717, 1.165) is 5.69 Å². The molecule has 3 N–H and O–H groups in total. The lowest BCUT2D eigenvalue weighted by molar-refractivity contribution is -0.120. The summed E-state index contributed by atoms with van der Waals surface area (Å²) in [6.07, 6.45) is 1.66. The number of nitrogens with zero attached hydrogens (tertiary/aromatic N) is 2. The minimum Gasteiger partial charge on any atom is -0.293 e. The van der Waals surface area contributed by atoms with Crippen LogP contribution < -0.4 is 11.3 Å². The molecule has 0 aliphatic carbocycles. The fraction of sp³-hybridized carbons (Fsp3) is 0.375. The molecular formula is C8H12N4OS. The summed E-state index contributed by atoms with van der Waals surface area (Å²) in [4.78, 5) is 19.3. The molecule has 1 aromatic rings. The van der Waals surface area contributed by atoms with E-state index in [0.29, 0.717) is 5.16 Å². The highest BCUT2D eigenvalue weighted by Gasteiger charge is 2.14. The van der Waals surface area contributed by atoms with Crippen molar-refractivity contribution in [1.82, 2.24) is 15.4 Å². The number of carbonyl (C=O) groups excluding carboxylic acids is 1. The fourth-order valence-electron chi connectivity index (χ4n) is 0.812. The summed E-state index contributed by atoms with van der Waals surface area (Å²) in [7, 11) is 0. The van der Waals surface area contributed by atoms with Crippen LogP contribution in [0.15, 0.2) is 17.4 Å². The monoisotopic (exact) mass is 212 g/mol. The van der Waals surface area contributed by atoms with E-state index in [1.807, 2.05) is 6.92 Å². The second kappa shape index (κ2) is 4.92. The van der Waals surface area contributed by atoms with Crippen molar-refractivity contribution in [2.75, 3.05) is 0 Å². The summed E-state index contributed by atoms with van der Waals surface area (Å²) < 4.78 is 0. The quantitative estimate of drug-likeness (QED) is 0.247. The highest BCUT2D eigenvalue weighted by Crippen LogP contribution is 2.18. The number of amides is 1. The van der Waals surface area contributed by atoms with Gasteiger partial charge in [0, 0.05) is 11.9 Å². The Morgan fingerprint density at radius 3 is 3.00 bits per heavy atom. The van der Waals surface area contributed by atoms with Crippen molar-refractivity contribution in [3.05, 3.63) is 18.0 Å². The molecule has 1 rings (SSSR count). The molecule has 0 bridgehead atoms. The molecule has 6 heteroatoms. The smallest absolute Gasteiger partial charge is 0.247 e. The molecule has 0 saturated heterocycles. The van der Waals surface area contributed by atoms with Gasteiger partial charge in [-0.25, -0.2) is 15.8 Å². The van der Waals surface area contributed by atoms with E-state index in [-0.39, 0.29) is 11.2 Å². The Labute approximate surface area is 86.5 Å². The van der Waals surface area contributed by atoms with E-state index in [1.165, 1.54) is 11.8 Å². The number of hydrogen-bond donors (Lipinski definition) is 2. The molecule has 1 atom stereocenters. The average Bonchev–Trinajstić information content (AvgIpc) is 2.16. The zero-order valence-electron chi connectivity index (χ0n) is 8.02. The van der Waals surface area contributed by atoms with E-state index in [4.69, 9.17) is 5.84 Å². The average molecular weight is 212 g/mol. The molecule has 1 unspecified atom stereocenters.